The fraction of sp³-hybridized carbons (Fsp3) is 0.417. The molecule has 3 rings (SSSR count). The molecule has 2 aromatic rings. The summed E-state index contributed by atoms with van der Waals surface area (Å²) in [5, 5.41) is 42.8. The minimum Gasteiger partial charge on any atom is -0.394 e. The van der Waals surface area contributed by atoms with Crippen LogP contribution in [0.5, 0.6) is 0 Å². The van der Waals surface area contributed by atoms with Crippen molar-refractivity contribution in [2.45, 2.75) is 23.9 Å². The Kier molecular flexibility index (Phi) is 3.03. The second-order valence-corrected chi connectivity index (χ2v) is 4.78. The van der Waals surface area contributed by atoms with Crippen LogP contribution in [0.4, 0.5) is 5.82 Å². The molecular weight excluding hydrogens is 283 g/mol. The van der Waals surface area contributed by atoms with Gasteiger partial charge in [0.2, 0.25) is 5.60 Å². The molecule has 1 aliphatic rings. The maximum absolute atomic E-state index is 10.2. The van der Waals surface area contributed by atoms with E-state index in [1.165, 1.54) is 16.9 Å². The van der Waals surface area contributed by atoms with Crippen LogP contribution in [0.25, 0.3) is 5.52 Å². The van der Waals surface area contributed by atoms with E-state index in [1.54, 1.807) is 6.07 Å². The monoisotopic (exact) mass is 296 g/mol. The van der Waals surface area contributed by atoms with Crippen LogP contribution in [-0.2, 0) is 10.3 Å². The molecule has 4 atom stereocenters. The van der Waals surface area contributed by atoms with E-state index in [4.69, 9.17) is 10.5 Å². The third kappa shape index (κ3) is 1.71. The smallest absolute Gasteiger partial charge is 0.225 e. The predicted octanol–water partition coefficient (Wildman–Crippen LogP) is -1.86. The van der Waals surface area contributed by atoms with E-state index in [9.17, 15) is 20.6 Å². The van der Waals surface area contributed by atoms with E-state index in [0.717, 1.165) is 0 Å². The van der Waals surface area contributed by atoms with Crippen molar-refractivity contribution in [2.75, 3.05) is 12.3 Å². The fourth-order valence-corrected chi connectivity index (χ4v) is 2.56. The quantitative estimate of drug-likeness (QED) is 0.471. The predicted molar refractivity (Wildman–Crippen MR) is 68.7 cm³/mol. The Labute approximate surface area is 118 Å². The molecule has 1 fully saturated rings. The standard InChI is InChI=1S/C12H13N5O4/c13-4-12(10(20)9(19)7(3-18)21-12)8-2-1-6-11(14)15-5-16-17(6)8/h1-2,5,7,9-10,18-20H,3H2,(H2,14,15,16)/t7-,9-,10-,12+/m1/s1/i3+1,7+1,9+1,10+1,12+1. The van der Waals surface area contributed by atoms with Crippen LogP contribution >= 0.6 is 0 Å². The first kappa shape index (κ1) is 13.7. The van der Waals surface area contributed by atoms with E-state index < -0.39 is 30.5 Å². The Morgan fingerprint density at radius 2 is 2.24 bits per heavy atom. The summed E-state index contributed by atoms with van der Waals surface area (Å²) >= 11 is 0. The van der Waals surface area contributed by atoms with Crippen LogP contribution in [0.15, 0.2) is 18.5 Å². The highest BCUT2D eigenvalue weighted by Crippen LogP contribution is 2.40. The summed E-state index contributed by atoms with van der Waals surface area (Å²) in [6, 6.07) is 4.97. The van der Waals surface area contributed by atoms with Gasteiger partial charge in [0.05, 0.1) is 12.3 Å². The lowest BCUT2D eigenvalue weighted by molar-refractivity contribution is -0.0643. The number of ether oxygens (including phenoxy) is 1. The summed E-state index contributed by atoms with van der Waals surface area (Å²) in [7, 11) is 0. The summed E-state index contributed by atoms with van der Waals surface area (Å²) in [5.74, 6) is 0.205. The lowest BCUT2D eigenvalue weighted by Crippen LogP contribution is -2.40. The number of nitrogens with zero attached hydrogens (tertiary/aromatic N) is 4. The molecular formula is C12H13N5O4. The molecule has 2 aromatic heterocycles. The molecule has 3 heterocycles. The van der Waals surface area contributed by atoms with Crippen molar-refractivity contribution in [1.29, 1.82) is 5.26 Å². The molecule has 21 heavy (non-hydrogen) atoms. The third-order valence-electron chi connectivity index (χ3n) is 3.67. The molecule has 0 saturated carbocycles. The lowest BCUT2D eigenvalue weighted by Gasteiger charge is -2.24. The van der Waals surface area contributed by atoms with Crippen molar-refractivity contribution in [3.05, 3.63) is 24.2 Å². The van der Waals surface area contributed by atoms with Gasteiger partial charge in [-0.1, -0.05) is 0 Å². The number of anilines is 1. The maximum atomic E-state index is 10.2. The van der Waals surface area contributed by atoms with Crippen LogP contribution in [0.2, 0.25) is 0 Å². The maximum Gasteiger partial charge on any atom is 0.225 e. The Bertz CT molecular complexity index is 726. The number of nitriles is 1. The number of nitrogens with two attached hydrogens (primary N) is 1. The largest absolute Gasteiger partial charge is 0.394 e. The molecule has 0 aliphatic carbocycles. The van der Waals surface area contributed by atoms with Crippen LogP contribution in [-0.4, -0.2) is 54.8 Å². The topological polar surface area (TPSA) is 150 Å². The third-order valence-corrected chi connectivity index (χ3v) is 3.67. The number of aromatic nitrogens is 3. The van der Waals surface area contributed by atoms with Crippen molar-refractivity contribution >= 4 is 11.3 Å². The molecule has 0 spiro atoms. The zero-order valence-corrected chi connectivity index (χ0v) is 10.8. The second-order valence-electron chi connectivity index (χ2n) is 4.78. The van der Waals surface area contributed by atoms with Gasteiger partial charge in [-0.25, -0.2) is 9.50 Å². The van der Waals surface area contributed by atoms with E-state index in [0.29, 0.717) is 5.52 Å². The van der Waals surface area contributed by atoms with E-state index in [1.807, 2.05) is 6.07 Å². The number of aliphatic hydroxyl groups is 3. The van der Waals surface area contributed by atoms with Crippen LogP contribution < -0.4 is 5.73 Å². The molecule has 110 valence electrons. The Hall–Kier alpha value is -2.25. The van der Waals surface area contributed by atoms with Crippen LogP contribution in [0.1, 0.15) is 5.69 Å². The highest BCUT2D eigenvalue weighted by atomic mass is 16.8. The van der Waals surface area contributed by atoms with E-state index in [2.05, 4.69) is 10.1 Å². The molecule has 5 N–H and O–H groups in total. The highest BCUT2D eigenvalue weighted by Gasteiger charge is 2.57. The molecule has 0 bridgehead atoms. The number of hydrogen-bond donors (Lipinski definition) is 4. The average molecular weight is 296 g/mol. The molecule has 0 amide bonds. The Balaban J connectivity index is 2.20. The lowest BCUT2D eigenvalue weighted by atomic mass is 10.4. The van der Waals surface area contributed by atoms with Gasteiger partial charge in [-0.2, -0.15) is 10.4 Å². The van der Waals surface area contributed by atoms with Crippen LogP contribution in [0.3, 0.4) is 0 Å². The van der Waals surface area contributed by atoms with Gasteiger partial charge in [0.25, 0.3) is 0 Å². The van der Waals surface area contributed by atoms with Gasteiger partial charge in [-0.15, -0.1) is 0 Å². The zero-order chi connectivity index (χ0) is 15.2. The summed E-state index contributed by atoms with van der Waals surface area (Å²) in [4.78, 5) is 3.83. The SMILES string of the molecule is N#C[13C@@]1(c2ccc3c(N)ncnn23)O[13C@H]([13CH2]O)[13C@@H](O)[13C@H]1O. The summed E-state index contributed by atoms with van der Waals surface area (Å²) in [6.07, 6.45) is -2.78. The first-order valence-electron chi connectivity index (χ1n) is 6.20. The number of fused-ring (bicyclic) bond motifs is 1. The highest BCUT2D eigenvalue weighted by molar-refractivity contribution is 5.66. The van der Waals surface area contributed by atoms with Crippen molar-refractivity contribution in [2.24, 2.45) is 0 Å². The van der Waals surface area contributed by atoms with Gasteiger partial charge in [0, 0.05) is 0 Å². The zero-order valence-electron chi connectivity index (χ0n) is 10.8. The van der Waals surface area contributed by atoms with E-state index >= 15 is 0 Å². The van der Waals surface area contributed by atoms with E-state index in [-0.39, 0.29) is 11.5 Å². The Morgan fingerprint density at radius 1 is 1.48 bits per heavy atom. The first-order valence-corrected chi connectivity index (χ1v) is 6.20. The number of nitrogen functional groups attached to an aromatic ring is 1. The number of aliphatic hydroxyl groups excluding tert-OH is 3. The molecule has 0 aromatic carbocycles. The van der Waals surface area contributed by atoms with Crippen molar-refractivity contribution < 1.29 is 20.1 Å². The van der Waals surface area contributed by atoms with Gasteiger partial charge in [0.15, 0.2) is 5.82 Å². The van der Waals surface area contributed by atoms with Gasteiger partial charge in [-0.05, 0) is 12.1 Å². The molecule has 9 nitrogen and oxygen atoms in total. The van der Waals surface area contributed by atoms with Crippen molar-refractivity contribution in [1.82, 2.24) is 14.6 Å². The molecule has 1 aliphatic heterocycles. The average Bonchev–Trinajstić information content (AvgIpc) is 3.03. The fourth-order valence-electron chi connectivity index (χ4n) is 2.56. The van der Waals surface area contributed by atoms with Crippen LogP contribution in [0, 0.1) is 11.3 Å². The Morgan fingerprint density at radius 3 is 2.86 bits per heavy atom. The first-order chi connectivity index (χ1) is 10.0. The van der Waals surface area contributed by atoms with Gasteiger partial charge < -0.3 is 25.8 Å². The molecule has 0 radical (unpaired) electrons. The van der Waals surface area contributed by atoms with Gasteiger partial charge in [-0.3, -0.25) is 0 Å². The number of hydrogen-bond acceptors (Lipinski definition) is 8. The second kappa shape index (κ2) is 4.64. The summed E-state index contributed by atoms with van der Waals surface area (Å²) in [5.41, 5.74) is 4.52. The van der Waals surface area contributed by atoms with Gasteiger partial charge in [0.1, 0.15) is 36.2 Å². The van der Waals surface area contributed by atoms with Gasteiger partial charge >= 0.3 is 0 Å². The van der Waals surface area contributed by atoms with Crippen molar-refractivity contribution in [3.63, 3.8) is 0 Å². The normalized spacial score (nSPS) is 32.4. The summed E-state index contributed by atoms with van der Waals surface area (Å²) < 4.78 is 6.75. The summed E-state index contributed by atoms with van der Waals surface area (Å²) in [6.45, 7) is -0.526. The minimum absolute atomic E-state index is 0.205. The molecule has 0 unspecified atom stereocenters. The number of rotatable bonds is 2. The molecule has 9 heteroatoms. The minimum atomic E-state index is -1.85. The van der Waals surface area contributed by atoms with Crippen molar-refractivity contribution in [3.8, 4) is 6.07 Å². The molecule has 1 saturated heterocycles.